The molecule has 0 aliphatic carbocycles. The first-order valence-electron chi connectivity index (χ1n) is 13.7. The predicted octanol–water partition coefficient (Wildman–Crippen LogP) is 5.54. The molecule has 0 amide bonds. The number of aromatic carboxylic acids is 1. The van der Waals surface area contributed by atoms with Crippen LogP contribution in [0.15, 0.2) is 60.7 Å². The predicted molar refractivity (Wildman–Crippen MR) is 151 cm³/mol. The minimum atomic E-state index is -0.980. The number of ether oxygens (including phenoxy) is 2. The Morgan fingerprint density at radius 3 is 2.71 bits per heavy atom. The summed E-state index contributed by atoms with van der Waals surface area (Å²) in [6.45, 7) is 3.17. The number of carboxylic acid groups (broad SMARTS) is 1. The van der Waals surface area contributed by atoms with Gasteiger partial charge in [-0.1, -0.05) is 12.1 Å². The molecule has 3 aromatic carbocycles. The van der Waals surface area contributed by atoms with E-state index in [0.29, 0.717) is 37.4 Å². The van der Waals surface area contributed by atoms with E-state index in [0.717, 1.165) is 48.1 Å². The molecule has 0 bridgehead atoms. The lowest BCUT2D eigenvalue weighted by atomic mass is 9.99. The molecule has 6 rings (SSSR count). The lowest BCUT2D eigenvalue weighted by molar-refractivity contribution is -0.0591. The van der Waals surface area contributed by atoms with Crippen molar-refractivity contribution in [1.82, 2.24) is 14.5 Å². The lowest BCUT2D eigenvalue weighted by Gasteiger charge is -2.29. The lowest BCUT2D eigenvalue weighted by Crippen LogP contribution is -2.33. The highest BCUT2D eigenvalue weighted by molar-refractivity contribution is 5.92. The van der Waals surface area contributed by atoms with Crippen molar-refractivity contribution in [2.45, 2.75) is 38.6 Å². The summed E-state index contributed by atoms with van der Waals surface area (Å²) in [5.41, 5.74) is 3.94. The Balaban J connectivity index is 1.16. The fraction of sp³-hybridized carbons (Fsp3) is 0.281. The summed E-state index contributed by atoms with van der Waals surface area (Å²) in [4.78, 5) is 18.6. The highest BCUT2D eigenvalue weighted by atomic mass is 19.1. The molecule has 0 saturated carbocycles. The Bertz CT molecular complexity index is 1740. The van der Waals surface area contributed by atoms with E-state index >= 15 is 0 Å². The van der Waals surface area contributed by atoms with Gasteiger partial charge in [-0.25, -0.2) is 18.6 Å². The van der Waals surface area contributed by atoms with Gasteiger partial charge in [-0.2, -0.15) is 5.26 Å². The van der Waals surface area contributed by atoms with Gasteiger partial charge in [0.2, 0.25) is 0 Å². The third-order valence-electron chi connectivity index (χ3n) is 7.73. The zero-order valence-electron chi connectivity index (χ0n) is 22.7. The first-order chi connectivity index (χ1) is 20.4. The molecule has 1 N–H and O–H groups in total. The van der Waals surface area contributed by atoms with Gasteiger partial charge in [-0.3, -0.25) is 4.90 Å². The molecule has 10 heteroatoms. The van der Waals surface area contributed by atoms with Crippen LogP contribution in [0.25, 0.3) is 16.6 Å². The van der Waals surface area contributed by atoms with Crippen molar-refractivity contribution in [3.63, 3.8) is 0 Å². The maximum Gasteiger partial charge on any atom is 0.335 e. The Morgan fingerprint density at radius 2 is 2.02 bits per heavy atom. The monoisotopic (exact) mass is 570 g/mol. The number of carbonyl (C=O) groups is 1. The van der Waals surface area contributed by atoms with Crippen LogP contribution in [-0.2, 0) is 24.4 Å². The molecule has 3 heterocycles. The van der Waals surface area contributed by atoms with Gasteiger partial charge in [0.25, 0.3) is 0 Å². The second-order valence-electron chi connectivity index (χ2n) is 10.5. The molecule has 0 radical (unpaired) electrons. The minimum absolute atomic E-state index is 0.0836. The van der Waals surface area contributed by atoms with Crippen LogP contribution >= 0.6 is 0 Å². The van der Waals surface area contributed by atoms with Crippen LogP contribution < -0.4 is 4.74 Å². The number of rotatable bonds is 9. The van der Waals surface area contributed by atoms with Crippen LogP contribution in [-0.4, -0.2) is 51.3 Å². The maximum absolute atomic E-state index is 14.5. The van der Waals surface area contributed by atoms with E-state index in [1.807, 2.05) is 6.07 Å². The van der Waals surface area contributed by atoms with Crippen molar-refractivity contribution >= 4 is 22.6 Å². The summed E-state index contributed by atoms with van der Waals surface area (Å²) in [6.07, 6.45) is 3.78. The highest BCUT2D eigenvalue weighted by Gasteiger charge is 2.24. The highest BCUT2D eigenvalue weighted by Crippen LogP contribution is 2.29. The average Bonchev–Trinajstić information content (AvgIpc) is 3.30. The molecule has 4 aromatic rings. The van der Waals surface area contributed by atoms with Crippen LogP contribution in [0.1, 0.15) is 45.7 Å². The van der Waals surface area contributed by atoms with Gasteiger partial charge in [0, 0.05) is 31.3 Å². The van der Waals surface area contributed by atoms with Crippen molar-refractivity contribution in [2.24, 2.45) is 0 Å². The van der Waals surface area contributed by atoms with Gasteiger partial charge in [0.05, 0.1) is 47.4 Å². The first kappa shape index (κ1) is 27.6. The minimum Gasteiger partial charge on any atom is -0.489 e. The Labute approximate surface area is 241 Å². The van der Waals surface area contributed by atoms with Gasteiger partial charge in [0.15, 0.2) is 0 Å². The van der Waals surface area contributed by atoms with E-state index in [1.54, 1.807) is 24.3 Å². The SMILES string of the molecule is N#Cc1ccc(COc2cc(F)cc(C3=CCN(Cc4nc5ccc(C(=O)O)cc5n4CC4CCO4)CC3)c2)c(F)c1. The van der Waals surface area contributed by atoms with Gasteiger partial charge in [0.1, 0.15) is 29.8 Å². The zero-order valence-corrected chi connectivity index (χ0v) is 22.7. The number of hydrogen-bond donors (Lipinski definition) is 1. The third kappa shape index (κ3) is 5.88. The standard InChI is InChI=1S/C32H28F2N4O4/c33-25-12-24(13-27(15-25)42-19-23-2-1-20(16-35)11-28(23)34)21-5-8-37(9-6-21)18-31-36-29-4-3-22(32(39)40)14-30(29)38(31)17-26-7-10-41-26/h1-5,11-15,26H,6-10,17-19H2,(H,39,40). The van der Waals surface area contributed by atoms with E-state index in [-0.39, 0.29) is 29.4 Å². The Morgan fingerprint density at radius 1 is 1.17 bits per heavy atom. The van der Waals surface area contributed by atoms with Crippen LogP contribution in [0.3, 0.4) is 0 Å². The second kappa shape index (κ2) is 11.7. The number of benzene rings is 3. The molecule has 2 aliphatic heterocycles. The van der Waals surface area contributed by atoms with Gasteiger partial charge in [-0.05, 0) is 66.4 Å². The van der Waals surface area contributed by atoms with E-state index in [2.05, 4.69) is 15.5 Å². The maximum atomic E-state index is 14.5. The van der Waals surface area contributed by atoms with Crippen molar-refractivity contribution in [1.29, 1.82) is 5.26 Å². The van der Waals surface area contributed by atoms with Crippen molar-refractivity contribution in [3.05, 3.63) is 100 Å². The van der Waals surface area contributed by atoms with Gasteiger partial charge >= 0.3 is 5.97 Å². The number of imidazole rings is 1. The number of fused-ring (bicyclic) bond motifs is 1. The van der Waals surface area contributed by atoms with Crippen LogP contribution in [0.5, 0.6) is 5.75 Å². The molecule has 1 fully saturated rings. The van der Waals surface area contributed by atoms with E-state index in [9.17, 15) is 18.7 Å². The summed E-state index contributed by atoms with van der Waals surface area (Å²) < 4.78 is 42.2. The van der Waals surface area contributed by atoms with Crippen LogP contribution in [0.4, 0.5) is 8.78 Å². The third-order valence-corrected chi connectivity index (χ3v) is 7.73. The summed E-state index contributed by atoms with van der Waals surface area (Å²) in [5.74, 6) is -0.830. The molecule has 8 nitrogen and oxygen atoms in total. The summed E-state index contributed by atoms with van der Waals surface area (Å²) in [7, 11) is 0. The quantitative estimate of drug-likeness (QED) is 0.282. The Hall–Kier alpha value is -4.59. The van der Waals surface area contributed by atoms with Gasteiger partial charge in [-0.15, -0.1) is 0 Å². The molecule has 2 aliphatic rings. The molecular formula is C32H28F2N4O4. The van der Waals surface area contributed by atoms with Crippen LogP contribution in [0, 0.1) is 23.0 Å². The fourth-order valence-corrected chi connectivity index (χ4v) is 5.31. The second-order valence-corrected chi connectivity index (χ2v) is 10.5. The number of aromatic nitrogens is 2. The fourth-order valence-electron chi connectivity index (χ4n) is 5.31. The van der Waals surface area contributed by atoms with E-state index < -0.39 is 17.6 Å². The summed E-state index contributed by atoms with van der Waals surface area (Å²) in [6, 6.07) is 15.5. The van der Waals surface area contributed by atoms with E-state index in [1.165, 1.54) is 24.3 Å². The smallest absolute Gasteiger partial charge is 0.335 e. The van der Waals surface area contributed by atoms with E-state index in [4.69, 9.17) is 19.7 Å². The Kier molecular flexibility index (Phi) is 7.69. The largest absolute Gasteiger partial charge is 0.489 e. The number of halogens is 2. The summed E-state index contributed by atoms with van der Waals surface area (Å²) >= 11 is 0. The van der Waals surface area contributed by atoms with Crippen molar-refractivity contribution < 1.29 is 28.2 Å². The molecule has 0 spiro atoms. The van der Waals surface area contributed by atoms with Crippen molar-refractivity contribution in [2.75, 3.05) is 19.7 Å². The first-order valence-corrected chi connectivity index (χ1v) is 13.7. The number of nitrogens with zero attached hydrogens (tertiary/aromatic N) is 4. The molecule has 1 atom stereocenters. The normalized spacial score (nSPS) is 17.0. The topological polar surface area (TPSA) is 101 Å². The summed E-state index contributed by atoms with van der Waals surface area (Å²) in [5, 5.41) is 18.4. The van der Waals surface area contributed by atoms with Gasteiger partial charge < -0.3 is 19.1 Å². The number of hydrogen-bond acceptors (Lipinski definition) is 6. The molecule has 1 unspecified atom stereocenters. The zero-order chi connectivity index (χ0) is 29.2. The molecule has 214 valence electrons. The molecular weight excluding hydrogens is 542 g/mol. The molecule has 1 saturated heterocycles. The van der Waals surface area contributed by atoms with Crippen molar-refractivity contribution in [3.8, 4) is 11.8 Å². The number of carboxylic acids is 1. The van der Waals surface area contributed by atoms with Crippen LogP contribution in [0.2, 0.25) is 0 Å². The molecule has 1 aromatic heterocycles. The number of nitriles is 1. The molecule has 42 heavy (non-hydrogen) atoms. The average molecular weight is 571 g/mol.